The topological polar surface area (TPSA) is 103 Å². The number of nitrogens with zero attached hydrogens (tertiary/aromatic N) is 5. The molecule has 4 rings (SSSR count). The Morgan fingerprint density at radius 1 is 1.18 bits per heavy atom. The number of aryl methyl sites for hydroxylation is 1. The number of amides is 1. The molecule has 0 N–H and O–H groups in total. The van der Waals surface area contributed by atoms with Crippen molar-refractivity contribution >= 4 is 5.91 Å². The highest BCUT2D eigenvalue weighted by molar-refractivity contribution is 5.92. The van der Waals surface area contributed by atoms with Gasteiger partial charge in [0.15, 0.2) is 5.69 Å². The lowest BCUT2D eigenvalue weighted by Crippen LogP contribution is -2.41. The molecule has 4 heterocycles. The first-order valence-electron chi connectivity index (χ1n) is 8.92. The zero-order chi connectivity index (χ0) is 19.3. The van der Waals surface area contributed by atoms with E-state index in [0.717, 1.165) is 5.56 Å². The van der Waals surface area contributed by atoms with Crippen LogP contribution in [-0.4, -0.2) is 57.4 Å². The minimum Gasteiger partial charge on any atom is -0.472 e. The molecule has 0 atom stereocenters. The molecule has 0 bridgehead atoms. The molecule has 0 aliphatic carbocycles. The number of carbonyl (C=O) groups excluding carboxylic acids is 1. The van der Waals surface area contributed by atoms with E-state index in [1.165, 1.54) is 0 Å². The number of pyridine rings is 1. The van der Waals surface area contributed by atoms with Gasteiger partial charge >= 0.3 is 0 Å². The Bertz CT molecular complexity index is 937. The molecule has 0 saturated carbocycles. The molecule has 3 aromatic rings. The number of carbonyl (C=O) groups is 1. The van der Waals surface area contributed by atoms with Gasteiger partial charge in [0, 0.05) is 25.4 Å². The minimum atomic E-state index is -0.158. The SMILES string of the molecule is Cc1onc(-c2ccccn2)c1COc1ccc(C(=O)N2CCOCC2)nn1. The van der Waals surface area contributed by atoms with Gasteiger partial charge in [0.05, 0.1) is 24.5 Å². The third-order valence-electron chi connectivity index (χ3n) is 4.41. The predicted octanol–water partition coefficient (Wildman–Crippen LogP) is 1.89. The van der Waals surface area contributed by atoms with Crippen molar-refractivity contribution in [2.45, 2.75) is 13.5 Å². The molecule has 0 radical (unpaired) electrons. The van der Waals surface area contributed by atoms with Crippen LogP contribution in [0.1, 0.15) is 21.8 Å². The molecule has 9 heteroatoms. The van der Waals surface area contributed by atoms with Crippen molar-refractivity contribution in [1.82, 2.24) is 25.2 Å². The third kappa shape index (κ3) is 3.84. The number of hydrogen-bond donors (Lipinski definition) is 0. The summed E-state index contributed by atoms with van der Waals surface area (Å²) in [6.45, 7) is 4.21. The fourth-order valence-electron chi connectivity index (χ4n) is 2.85. The number of hydrogen-bond acceptors (Lipinski definition) is 8. The molecule has 1 aliphatic rings. The van der Waals surface area contributed by atoms with Gasteiger partial charge in [-0.3, -0.25) is 9.78 Å². The second kappa shape index (κ2) is 8.13. The summed E-state index contributed by atoms with van der Waals surface area (Å²) in [4.78, 5) is 18.4. The van der Waals surface area contributed by atoms with E-state index >= 15 is 0 Å². The van der Waals surface area contributed by atoms with Crippen LogP contribution in [0.4, 0.5) is 0 Å². The average Bonchev–Trinajstić information content (AvgIpc) is 3.13. The lowest BCUT2D eigenvalue weighted by Gasteiger charge is -2.26. The maximum absolute atomic E-state index is 12.4. The van der Waals surface area contributed by atoms with Gasteiger partial charge in [-0.05, 0) is 25.1 Å². The normalized spacial score (nSPS) is 14.1. The molecule has 1 saturated heterocycles. The summed E-state index contributed by atoms with van der Waals surface area (Å²) >= 11 is 0. The Balaban J connectivity index is 1.43. The molecule has 1 aliphatic heterocycles. The van der Waals surface area contributed by atoms with Gasteiger partial charge in [-0.25, -0.2) is 0 Å². The van der Waals surface area contributed by atoms with Crippen LogP contribution in [0.2, 0.25) is 0 Å². The summed E-state index contributed by atoms with van der Waals surface area (Å²) in [7, 11) is 0. The van der Waals surface area contributed by atoms with Gasteiger partial charge in [0.2, 0.25) is 5.88 Å². The monoisotopic (exact) mass is 381 g/mol. The second-order valence-electron chi connectivity index (χ2n) is 6.23. The molecule has 144 valence electrons. The van der Waals surface area contributed by atoms with Crippen molar-refractivity contribution in [2.24, 2.45) is 0 Å². The maximum atomic E-state index is 12.4. The zero-order valence-electron chi connectivity index (χ0n) is 15.4. The molecule has 0 unspecified atom stereocenters. The average molecular weight is 381 g/mol. The van der Waals surface area contributed by atoms with Crippen LogP contribution in [0.5, 0.6) is 5.88 Å². The second-order valence-corrected chi connectivity index (χ2v) is 6.23. The van der Waals surface area contributed by atoms with Crippen LogP contribution in [0.3, 0.4) is 0 Å². The molecule has 9 nitrogen and oxygen atoms in total. The Kier molecular flexibility index (Phi) is 5.24. The third-order valence-corrected chi connectivity index (χ3v) is 4.41. The number of rotatable bonds is 5. The molecule has 0 spiro atoms. The lowest BCUT2D eigenvalue weighted by molar-refractivity contribution is 0.0298. The fourth-order valence-corrected chi connectivity index (χ4v) is 2.85. The van der Waals surface area contributed by atoms with E-state index in [-0.39, 0.29) is 18.2 Å². The first kappa shape index (κ1) is 18.1. The van der Waals surface area contributed by atoms with Gasteiger partial charge in [-0.15, -0.1) is 10.2 Å². The van der Waals surface area contributed by atoms with Gasteiger partial charge in [0.1, 0.15) is 18.1 Å². The number of aromatic nitrogens is 4. The highest BCUT2D eigenvalue weighted by Crippen LogP contribution is 2.24. The van der Waals surface area contributed by atoms with E-state index in [2.05, 4.69) is 20.3 Å². The highest BCUT2D eigenvalue weighted by Gasteiger charge is 2.20. The predicted molar refractivity (Wildman–Crippen MR) is 97.6 cm³/mol. The van der Waals surface area contributed by atoms with Crippen molar-refractivity contribution in [3.05, 3.63) is 53.5 Å². The van der Waals surface area contributed by atoms with Crippen molar-refractivity contribution in [1.29, 1.82) is 0 Å². The van der Waals surface area contributed by atoms with Crippen molar-refractivity contribution in [3.8, 4) is 17.3 Å². The van der Waals surface area contributed by atoms with Gasteiger partial charge < -0.3 is 18.9 Å². The van der Waals surface area contributed by atoms with Crippen LogP contribution >= 0.6 is 0 Å². The summed E-state index contributed by atoms with van der Waals surface area (Å²) in [6, 6.07) is 8.81. The van der Waals surface area contributed by atoms with Gasteiger partial charge in [0.25, 0.3) is 5.91 Å². The molecule has 0 aromatic carbocycles. The van der Waals surface area contributed by atoms with E-state index < -0.39 is 0 Å². The van der Waals surface area contributed by atoms with Crippen LogP contribution in [0.15, 0.2) is 41.1 Å². The summed E-state index contributed by atoms with van der Waals surface area (Å²) < 4.78 is 16.3. The van der Waals surface area contributed by atoms with Crippen LogP contribution < -0.4 is 4.74 Å². The number of ether oxygens (including phenoxy) is 2. The fraction of sp³-hybridized carbons (Fsp3) is 0.316. The lowest BCUT2D eigenvalue weighted by atomic mass is 10.1. The summed E-state index contributed by atoms with van der Waals surface area (Å²) in [5.74, 6) is 0.800. The smallest absolute Gasteiger partial charge is 0.274 e. The van der Waals surface area contributed by atoms with Crippen molar-refractivity contribution in [3.63, 3.8) is 0 Å². The molecule has 28 heavy (non-hydrogen) atoms. The van der Waals surface area contributed by atoms with E-state index in [1.54, 1.807) is 23.2 Å². The molecule has 3 aromatic heterocycles. The van der Waals surface area contributed by atoms with Gasteiger partial charge in [-0.1, -0.05) is 11.2 Å². The minimum absolute atomic E-state index is 0.158. The Hall–Kier alpha value is -3.33. The maximum Gasteiger partial charge on any atom is 0.274 e. The van der Waals surface area contributed by atoms with Gasteiger partial charge in [-0.2, -0.15) is 0 Å². The zero-order valence-corrected chi connectivity index (χ0v) is 15.4. The summed E-state index contributed by atoms with van der Waals surface area (Å²) in [5, 5.41) is 12.1. The molecular weight excluding hydrogens is 362 g/mol. The van der Waals surface area contributed by atoms with E-state index in [0.29, 0.717) is 49.3 Å². The van der Waals surface area contributed by atoms with E-state index in [9.17, 15) is 4.79 Å². The van der Waals surface area contributed by atoms with Crippen molar-refractivity contribution < 1.29 is 18.8 Å². The molecule has 1 fully saturated rings. The Morgan fingerprint density at radius 3 is 2.75 bits per heavy atom. The highest BCUT2D eigenvalue weighted by atomic mass is 16.5. The first-order chi connectivity index (χ1) is 13.7. The molecule has 1 amide bonds. The summed E-state index contributed by atoms with van der Waals surface area (Å²) in [6.07, 6.45) is 1.69. The summed E-state index contributed by atoms with van der Waals surface area (Å²) in [5.41, 5.74) is 2.40. The van der Waals surface area contributed by atoms with Crippen LogP contribution in [0.25, 0.3) is 11.4 Å². The van der Waals surface area contributed by atoms with E-state index in [1.807, 2.05) is 25.1 Å². The van der Waals surface area contributed by atoms with E-state index in [4.69, 9.17) is 14.0 Å². The number of morpholine rings is 1. The van der Waals surface area contributed by atoms with Crippen molar-refractivity contribution in [2.75, 3.05) is 26.3 Å². The quantitative estimate of drug-likeness (QED) is 0.660. The Labute approximate surface area is 161 Å². The van der Waals surface area contributed by atoms with Crippen LogP contribution in [0, 0.1) is 6.92 Å². The Morgan fingerprint density at radius 2 is 2.04 bits per heavy atom. The molecular formula is C19H19N5O4. The first-order valence-corrected chi connectivity index (χ1v) is 8.92. The van der Waals surface area contributed by atoms with Crippen LogP contribution in [-0.2, 0) is 11.3 Å². The standard InChI is InChI=1S/C19H19N5O4/c1-13-14(18(23-28-13)15-4-2-3-7-20-15)12-27-17-6-5-16(21-22-17)19(25)24-8-10-26-11-9-24/h2-7H,8-12H2,1H3. The largest absolute Gasteiger partial charge is 0.472 e.